The molecule has 0 atom stereocenters. The van der Waals surface area contributed by atoms with Crippen LogP contribution in [-0.4, -0.2) is 47.7 Å². The lowest BCUT2D eigenvalue weighted by atomic mass is 10.1. The monoisotopic (exact) mass is 704 g/mol. The van der Waals surface area contributed by atoms with E-state index in [9.17, 15) is 9.90 Å². The standard InChI is InChI=1S/C23H22N2O2.C22H22N2O2/c1-27-23(26)22-14-12-19(13-15-22)16-24-25(17-20-8-4-2-5-9-20)18-21-10-6-3-7-11-21;1-26-22-14-20(12-13-21(22)25)15-23-24(16-18-8-4-2-5-9-18)17-19-10-6-3-7-11-19/h2-16H,17-18H2,1H3;2-15,25H,16-17H2,1H3/b24-16+;23-15+. The predicted molar refractivity (Wildman–Crippen MR) is 212 cm³/mol. The molecule has 1 N–H and O–H groups in total. The number of esters is 1. The van der Waals surface area contributed by atoms with Crippen LogP contribution in [0, 0.1) is 0 Å². The second-order valence-corrected chi connectivity index (χ2v) is 12.1. The van der Waals surface area contributed by atoms with Crippen molar-refractivity contribution in [2.75, 3.05) is 14.2 Å². The highest BCUT2D eigenvalue weighted by atomic mass is 16.5. The third-order valence-electron chi connectivity index (χ3n) is 8.11. The Hall–Kier alpha value is -6.67. The molecule has 53 heavy (non-hydrogen) atoms. The molecule has 6 aromatic rings. The third kappa shape index (κ3) is 12.6. The van der Waals surface area contributed by atoms with Crippen molar-refractivity contribution < 1.29 is 19.4 Å². The summed E-state index contributed by atoms with van der Waals surface area (Å²) in [6.07, 6.45) is 3.60. The molecular formula is C45H44N4O4. The number of hydrazone groups is 2. The number of ether oxygens (including phenoxy) is 2. The molecule has 0 amide bonds. The molecular weight excluding hydrogens is 661 g/mol. The number of carbonyl (C=O) groups is 1. The number of hydrogen-bond donors (Lipinski definition) is 1. The third-order valence-corrected chi connectivity index (χ3v) is 8.11. The van der Waals surface area contributed by atoms with Gasteiger partial charge in [0, 0.05) is 0 Å². The van der Waals surface area contributed by atoms with E-state index in [1.807, 2.05) is 107 Å². The van der Waals surface area contributed by atoms with Crippen molar-refractivity contribution in [2.24, 2.45) is 10.2 Å². The second kappa shape index (κ2) is 20.2. The summed E-state index contributed by atoms with van der Waals surface area (Å²) in [6.45, 7) is 2.85. The van der Waals surface area contributed by atoms with Gasteiger partial charge in [-0.3, -0.25) is 10.0 Å². The summed E-state index contributed by atoms with van der Waals surface area (Å²) in [5, 5.41) is 23.1. The van der Waals surface area contributed by atoms with E-state index >= 15 is 0 Å². The molecule has 0 aliphatic rings. The van der Waals surface area contributed by atoms with Crippen LogP contribution >= 0.6 is 0 Å². The molecule has 0 aliphatic carbocycles. The highest BCUT2D eigenvalue weighted by molar-refractivity contribution is 5.90. The van der Waals surface area contributed by atoms with Crippen molar-refractivity contribution in [3.8, 4) is 11.5 Å². The zero-order valence-electron chi connectivity index (χ0n) is 30.0. The largest absolute Gasteiger partial charge is 0.504 e. The Balaban J connectivity index is 0.000000204. The Bertz CT molecular complexity index is 1940. The first-order chi connectivity index (χ1) is 26.0. The topological polar surface area (TPSA) is 87.0 Å². The number of carbonyl (C=O) groups excluding carboxylic acids is 1. The molecule has 6 aromatic carbocycles. The van der Waals surface area contributed by atoms with Crippen LogP contribution in [0.3, 0.4) is 0 Å². The Morgan fingerprint density at radius 3 is 1.30 bits per heavy atom. The molecule has 0 radical (unpaired) electrons. The number of phenolic OH excluding ortho intramolecular Hbond substituents is 1. The van der Waals surface area contributed by atoms with Crippen molar-refractivity contribution >= 4 is 18.4 Å². The fourth-order valence-electron chi connectivity index (χ4n) is 5.35. The molecule has 0 unspecified atom stereocenters. The van der Waals surface area contributed by atoms with Gasteiger partial charge in [0.25, 0.3) is 0 Å². The first kappa shape index (κ1) is 37.6. The maximum atomic E-state index is 11.5. The van der Waals surface area contributed by atoms with Gasteiger partial charge in [0.2, 0.25) is 0 Å². The minimum atomic E-state index is -0.340. The number of benzene rings is 6. The molecule has 268 valence electrons. The number of rotatable bonds is 14. The lowest BCUT2D eigenvalue weighted by molar-refractivity contribution is 0.0600. The van der Waals surface area contributed by atoms with Gasteiger partial charge in [0.05, 0.1) is 58.4 Å². The molecule has 8 nitrogen and oxygen atoms in total. The van der Waals surface area contributed by atoms with Gasteiger partial charge in [0.1, 0.15) is 0 Å². The van der Waals surface area contributed by atoms with Crippen LogP contribution in [0.25, 0.3) is 0 Å². The summed E-state index contributed by atoms with van der Waals surface area (Å²) in [6, 6.07) is 53.5. The number of methoxy groups -OCH3 is 2. The van der Waals surface area contributed by atoms with Crippen LogP contribution < -0.4 is 4.74 Å². The van der Waals surface area contributed by atoms with Gasteiger partial charge in [-0.2, -0.15) is 10.2 Å². The zero-order chi connectivity index (χ0) is 37.1. The molecule has 0 saturated heterocycles. The summed E-state index contributed by atoms with van der Waals surface area (Å²) in [7, 11) is 2.91. The summed E-state index contributed by atoms with van der Waals surface area (Å²) in [5.74, 6) is 0.218. The van der Waals surface area contributed by atoms with Gasteiger partial charge in [-0.1, -0.05) is 133 Å². The van der Waals surface area contributed by atoms with Crippen LogP contribution in [-0.2, 0) is 30.9 Å². The molecule has 8 heteroatoms. The molecule has 0 spiro atoms. The quantitative estimate of drug-likeness (QED) is 0.0693. The van der Waals surface area contributed by atoms with Crippen molar-refractivity contribution in [3.63, 3.8) is 0 Å². The van der Waals surface area contributed by atoms with Crippen LogP contribution in [0.15, 0.2) is 174 Å². The van der Waals surface area contributed by atoms with Crippen molar-refractivity contribution in [3.05, 3.63) is 203 Å². The first-order valence-electron chi connectivity index (χ1n) is 17.3. The fraction of sp³-hybridized carbons (Fsp3) is 0.133. The molecule has 6 rings (SSSR count). The average Bonchev–Trinajstić information content (AvgIpc) is 3.21. The Labute approximate surface area is 311 Å². The van der Waals surface area contributed by atoms with Gasteiger partial charge in [0.15, 0.2) is 11.5 Å². The smallest absolute Gasteiger partial charge is 0.337 e. The highest BCUT2D eigenvalue weighted by Crippen LogP contribution is 2.25. The van der Waals surface area contributed by atoms with Crippen molar-refractivity contribution in [2.45, 2.75) is 26.2 Å². The molecule has 0 fully saturated rings. The SMILES string of the molecule is COC(=O)c1ccc(/C=N/N(Cc2ccccc2)Cc2ccccc2)cc1.COc1cc(/C=N/N(Cc2ccccc2)Cc2ccccc2)ccc1O. The number of nitrogens with zero attached hydrogens (tertiary/aromatic N) is 4. The molecule has 0 saturated carbocycles. The van der Waals surface area contributed by atoms with E-state index in [2.05, 4.69) is 58.7 Å². The number of hydrogen-bond acceptors (Lipinski definition) is 8. The molecule has 0 aromatic heterocycles. The maximum absolute atomic E-state index is 11.5. The summed E-state index contributed by atoms with van der Waals surface area (Å²) < 4.78 is 9.88. The average molecular weight is 705 g/mol. The second-order valence-electron chi connectivity index (χ2n) is 12.1. The van der Waals surface area contributed by atoms with E-state index < -0.39 is 0 Å². The highest BCUT2D eigenvalue weighted by Gasteiger charge is 2.07. The number of aromatic hydroxyl groups is 1. The molecule has 0 aliphatic heterocycles. The van der Waals surface area contributed by atoms with Gasteiger partial charge in [-0.25, -0.2) is 4.79 Å². The summed E-state index contributed by atoms with van der Waals surface area (Å²) in [5.41, 5.74) is 7.12. The summed E-state index contributed by atoms with van der Waals surface area (Å²) >= 11 is 0. The molecule has 0 bridgehead atoms. The number of phenols is 1. The van der Waals surface area contributed by atoms with Crippen LogP contribution in [0.1, 0.15) is 43.7 Å². The maximum Gasteiger partial charge on any atom is 0.337 e. The van der Waals surface area contributed by atoms with E-state index in [0.29, 0.717) is 37.5 Å². The fourth-order valence-corrected chi connectivity index (χ4v) is 5.35. The van der Waals surface area contributed by atoms with Gasteiger partial charge < -0.3 is 14.6 Å². The minimum Gasteiger partial charge on any atom is -0.504 e. The normalized spacial score (nSPS) is 10.8. The van der Waals surface area contributed by atoms with E-state index in [0.717, 1.165) is 11.1 Å². The molecule has 0 heterocycles. The Morgan fingerprint density at radius 1 is 0.547 bits per heavy atom. The summed E-state index contributed by atoms with van der Waals surface area (Å²) in [4.78, 5) is 11.5. The van der Waals surface area contributed by atoms with Crippen LogP contribution in [0.4, 0.5) is 0 Å². The zero-order valence-corrected chi connectivity index (χ0v) is 30.0. The minimum absolute atomic E-state index is 0.120. The van der Waals surface area contributed by atoms with E-state index in [-0.39, 0.29) is 11.7 Å². The Morgan fingerprint density at radius 2 is 0.925 bits per heavy atom. The predicted octanol–water partition coefficient (Wildman–Crippen LogP) is 8.95. The van der Waals surface area contributed by atoms with Crippen LogP contribution in [0.2, 0.25) is 0 Å². The van der Waals surface area contributed by atoms with E-state index in [4.69, 9.17) is 9.47 Å². The van der Waals surface area contributed by atoms with E-state index in [1.165, 1.54) is 36.5 Å². The van der Waals surface area contributed by atoms with Gasteiger partial charge >= 0.3 is 5.97 Å². The lowest BCUT2D eigenvalue weighted by Crippen LogP contribution is -2.17. The van der Waals surface area contributed by atoms with Crippen molar-refractivity contribution in [1.82, 2.24) is 10.0 Å². The van der Waals surface area contributed by atoms with Crippen LogP contribution in [0.5, 0.6) is 11.5 Å². The first-order valence-corrected chi connectivity index (χ1v) is 17.3. The van der Waals surface area contributed by atoms with Crippen molar-refractivity contribution in [1.29, 1.82) is 0 Å². The van der Waals surface area contributed by atoms with Gasteiger partial charge in [-0.05, 0) is 63.7 Å². The Kier molecular flexibility index (Phi) is 14.4. The van der Waals surface area contributed by atoms with Gasteiger partial charge in [-0.15, -0.1) is 0 Å². The van der Waals surface area contributed by atoms with E-state index in [1.54, 1.807) is 30.5 Å². The lowest BCUT2D eigenvalue weighted by Gasteiger charge is -2.19.